The smallest absolute Gasteiger partial charge is 0.228 e. The van der Waals surface area contributed by atoms with Gasteiger partial charge in [0.1, 0.15) is 0 Å². The van der Waals surface area contributed by atoms with Gasteiger partial charge in [-0.15, -0.1) is 0 Å². The van der Waals surface area contributed by atoms with Crippen molar-refractivity contribution >= 4 is 19.9 Å². The maximum absolute atomic E-state index is 11.9. The standard InChI is InChI=1S/C11H24N2O5S2/c1-18-8-5-12-9-11-3-6-13(7-4-11)20(16,17)10-19(2,14)15/h11-12H,3-10H2,1-2H3. The molecule has 0 spiro atoms. The second-order valence-corrected chi connectivity index (χ2v) is 9.67. The van der Waals surface area contributed by atoms with Crippen LogP contribution in [-0.4, -0.2) is 72.4 Å². The molecule has 7 nitrogen and oxygen atoms in total. The molecule has 120 valence electrons. The number of nitrogens with zero attached hydrogens (tertiary/aromatic N) is 1. The van der Waals surface area contributed by atoms with Gasteiger partial charge < -0.3 is 10.1 Å². The lowest BCUT2D eigenvalue weighted by Crippen LogP contribution is -2.42. The molecule has 0 radical (unpaired) electrons. The van der Waals surface area contributed by atoms with Gasteiger partial charge in [0.05, 0.1) is 6.61 Å². The number of hydrogen-bond donors (Lipinski definition) is 1. The Morgan fingerprint density at radius 1 is 1.20 bits per heavy atom. The molecule has 1 rings (SSSR count). The van der Waals surface area contributed by atoms with E-state index in [2.05, 4.69) is 5.32 Å². The van der Waals surface area contributed by atoms with E-state index in [9.17, 15) is 16.8 Å². The number of piperidine rings is 1. The van der Waals surface area contributed by atoms with Gasteiger partial charge in [0.15, 0.2) is 14.9 Å². The Kier molecular flexibility index (Phi) is 6.86. The molecule has 1 aliphatic heterocycles. The molecule has 0 saturated carbocycles. The van der Waals surface area contributed by atoms with Crippen molar-refractivity contribution in [2.45, 2.75) is 12.8 Å². The van der Waals surface area contributed by atoms with Gasteiger partial charge in [0, 0.05) is 33.0 Å². The molecule has 9 heteroatoms. The molecule has 1 fully saturated rings. The summed E-state index contributed by atoms with van der Waals surface area (Å²) in [4.78, 5) is 0. The van der Waals surface area contributed by atoms with E-state index in [0.717, 1.165) is 32.2 Å². The molecule has 0 aromatic carbocycles. The van der Waals surface area contributed by atoms with E-state index in [0.29, 0.717) is 25.6 Å². The minimum absolute atomic E-state index is 0.397. The molecule has 20 heavy (non-hydrogen) atoms. The van der Waals surface area contributed by atoms with Crippen LogP contribution in [0.5, 0.6) is 0 Å². The number of sulfonamides is 1. The summed E-state index contributed by atoms with van der Waals surface area (Å²) >= 11 is 0. The van der Waals surface area contributed by atoms with Gasteiger partial charge in [-0.05, 0) is 25.3 Å². The Bertz CT molecular complexity index is 481. The molecule has 1 aliphatic rings. The van der Waals surface area contributed by atoms with Crippen LogP contribution in [0.4, 0.5) is 0 Å². The lowest BCUT2D eigenvalue weighted by atomic mass is 9.98. The van der Waals surface area contributed by atoms with Crippen molar-refractivity contribution in [2.75, 3.05) is 51.2 Å². The van der Waals surface area contributed by atoms with Crippen LogP contribution in [-0.2, 0) is 24.6 Å². The summed E-state index contributed by atoms with van der Waals surface area (Å²) in [6.07, 6.45) is 2.45. The average Bonchev–Trinajstić information content (AvgIpc) is 2.32. The molecule has 0 amide bonds. The van der Waals surface area contributed by atoms with Crippen molar-refractivity contribution in [2.24, 2.45) is 5.92 Å². The van der Waals surface area contributed by atoms with Crippen LogP contribution in [0, 0.1) is 5.92 Å². The molecule has 0 atom stereocenters. The van der Waals surface area contributed by atoms with Crippen molar-refractivity contribution in [3.8, 4) is 0 Å². The van der Waals surface area contributed by atoms with Crippen molar-refractivity contribution in [3.05, 3.63) is 0 Å². The fourth-order valence-electron chi connectivity index (χ4n) is 2.22. The van der Waals surface area contributed by atoms with E-state index in [1.807, 2.05) is 0 Å². The predicted molar refractivity (Wildman–Crippen MR) is 77.7 cm³/mol. The van der Waals surface area contributed by atoms with Crippen molar-refractivity contribution in [1.29, 1.82) is 0 Å². The second kappa shape index (κ2) is 7.69. The highest BCUT2D eigenvalue weighted by atomic mass is 32.3. The molecule has 0 aliphatic carbocycles. The molecule has 0 unspecified atom stereocenters. The van der Waals surface area contributed by atoms with Crippen LogP contribution >= 0.6 is 0 Å². The Hall–Kier alpha value is -0.220. The SMILES string of the molecule is COCCNCC1CCN(S(=O)(=O)CS(C)(=O)=O)CC1. The minimum atomic E-state index is -3.69. The minimum Gasteiger partial charge on any atom is -0.383 e. The third-order valence-corrected chi connectivity index (χ3v) is 7.30. The number of hydrogen-bond acceptors (Lipinski definition) is 6. The summed E-state index contributed by atoms with van der Waals surface area (Å²) < 4.78 is 52.3. The van der Waals surface area contributed by atoms with Crippen LogP contribution < -0.4 is 5.32 Å². The Morgan fingerprint density at radius 3 is 2.30 bits per heavy atom. The largest absolute Gasteiger partial charge is 0.383 e. The van der Waals surface area contributed by atoms with Crippen LogP contribution in [0.25, 0.3) is 0 Å². The molecule has 0 aromatic rings. The topological polar surface area (TPSA) is 92.8 Å². The number of nitrogens with one attached hydrogen (secondary N) is 1. The number of sulfone groups is 1. The summed E-state index contributed by atoms with van der Waals surface area (Å²) in [6, 6.07) is 0. The predicted octanol–water partition coefficient (Wildman–Crippen LogP) is -0.734. The number of ether oxygens (including phenoxy) is 1. The van der Waals surface area contributed by atoms with E-state index in [1.54, 1.807) is 7.11 Å². The first-order valence-corrected chi connectivity index (χ1v) is 10.3. The lowest BCUT2D eigenvalue weighted by molar-refractivity contribution is 0.194. The summed E-state index contributed by atoms with van der Waals surface area (Å²) in [5.41, 5.74) is 0. The summed E-state index contributed by atoms with van der Waals surface area (Å²) in [5, 5.41) is 2.46. The normalized spacial score (nSPS) is 19.3. The van der Waals surface area contributed by atoms with Gasteiger partial charge >= 0.3 is 0 Å². The van der Waals surface area contributed by atoms with Gasteiger partial charge in [-0.2, -0.15) is 0 Å². The van der Waals surface area contributed by atoms with Crippen molar-refractivity contribution in [1.82, 2.24) is 9.62 Å². The first-order valence-electron chi connectivity index (χ1n) is 6.60. The van der Waals surface area contributed by atoms with Crippen LogP contribution in [0.1, 0.15) is 12.8 Å². The van der Waals surface area contributed by atoms with Crippen LogP contribution in [0.2, 0.25) is 0 Å². The van der Waals surface area contributed by atoms with Crippen LogP contribution in [0.15, 0.2) is 0 Å². The monoisotopic (exact) mass is 328 g/mol. The van der Waals surface area contributed by atoms with Gasteiger partial charge in [-0.3, -0.25) is 0 Å². The fraction of sp³-hybridized carbons (Fsp3) is 1.00. The maximum atomic E-state index is 11.9. The zero-order chi connectivity index (χ0) is 15.2. The molecule has 1 heterocycles. The first-order chi connectivity index (χ1) is 9.24. The quantitative estimate of drug-likeness (QED) is 0.590. The number of rotatable bonds is 8. The maximum Gasteiger partial charge on any atom is 0.228 e. The molecular formula is C11H24N2O5S2. The molecular weight excluding hydrogens is 304 g/mol. The highest BCUT2D eigenvalue weighted by molar-refractivity contribution is 8.06. The van der Waals surface area contributed by atoms with E-state index >= 15 is 0 Å². The van der Waals surface area contributed by atoms with Gasteiger partial charge in [-0.1, -0.05) is 0 Å². The van der Waals surface area contributed by atoms with E-state index in [-0.39, 0.29) is 0 Å². The highest BCUT2D eigenvalue weighted by Gasteiger charge is 2.30. The van der Waals surface area contributed by atoms with Crippen molar-refractivity contribution < 1.29 is 21.6 Å². The van der Waals surface area contributed by atoms with Gasteiger partial charge in [0.2, 0.25) is 10.0 Å². The summed E-state index contributed by atoms with van der Waals surface area (Å²) in [7, 11) is -5.56. The first kappa shape index (κ1) is 17.8. The van der Waals surface area contributed by atoms with E-state index < -0.39 is 24.9 Å². The summed E-state index contributed by atoms with van der Waals surface area (Å²) in [5.74, 6) is 0.427. The van der Waals surface area contributed by atoms with E-state index in [1.165, 1.54) is 4.31 Å². The zero-order valence-electron chi connectivity index (χ0n) is 12.0. The third kappa shape index (κ3) is 6.49. The van der Waals surface area contributed by atoms with Gasteiger partial charge in [0.25, 0.3) is 0 Å². The third-order valence-electron chi connectivity index (χ3n) is 3.25. The molecule has 1 N–H and O–H groups in total. The fourth-order valence-corrected chi connectivity index (χ4v) is 5.74. The molecule has 0 bridgehead atoms. The van der Waals surface area contributed by atoms with Crippen LogP contribution in [0.3, 0.4) is 0 Å². The molecule has 1 saturated heterocycles. The Labute approximate surface area is 121 Å². The van der Waals surface area contributed by atoms with E-state index in [4.69, 9.17) is 4.74 Å². The van der Waals surface area contributed by atoms with Crippen molar-refractivity contribution in [3.63, 3.8) is 0 Å². The average molecular weight is 328 g/mol. The zero-order valence-corrected chi connectivity index (χ0v) is 13.7. The Morgan fingerprint density at radius 2 is 1.80 bits per heavy atom. The van der Waals surface area contributed by atoms with Gasteiger partial charge in [-0.25, -0.2) is 21.1 Å². The number of methoxy groups -OCH3 is 1. The Balaban J connectivity index is 2.38. The summed E-state index contributed by atoms with van der Waals surface area (Å²) in [6.45, 7) is 3.07. The molecule has 0 aromatic heterocycles. The highest BCUT2D eigenvalue weighted by Crippen LogP contribution is 2.19. The lowest BCUT2D eigenvalue weighted by Gasteiger charge is -2.31. The second-order valence-electron chi connectivity index (χ2n) is 5.19.